The topological polar surface area (TPSA) is 96.9 Å². The van der Waals surface area contributed by atoms with Crippen molar-refractivity contribution in [3.05, 3.63) is 46.5 Å². The molecule has 0 aliphatic heterocycles. The minimum Gasteiger partial charge on any atom is -0.496 e. The van der Waals surface area contributed by atoms with E-state index in [9.17, 15) is 9.59 Å². The fourth-order valence-corrected chi connectivity index (χ4v) is 3.93. The molecule has 0 aliphatic rings. The Kier molecular flexibility index (Phi) is 9.12. The Balaban J connectivity index is 2.64. The van der Waals surface area contributed by atoms with E-state index in [0.717, 1.165) is 33.5 Å². The Labute approximate surface area is 202 Å². The summed E-state index contributed by atoms with van der Waals surface area (Å²) in [5.74, 6) is -0.173. The summed E-state index contributed by atoms with van der Waals surface area (Å²) in [4.78, 5) is 23.9. The van der Waals surface area contributed by atoms with Gasteiger partial charge in [0.25, 0.3) is 0 Å². The highest BCUT2D eigenvalue weighted by molar-refractivity contribution is 6.00. The van der Waals surface area contributed by atoms with Gasteiger partial charge < -0.3 is 25.2 Å². The van der Waals surface area contributed by atoms with Crippen molar-refractivity contribution in [3.63, 3.8) is 0 Å². The highest BCUT2D eigenvalue weighted by atomic mass is 16.5. The second-order valence-electron chi connectivity index (χ2n) is 8.54. The molecule has 0 aromatic heterocycles. The van der Waals surface area contributed by atoms with Crippen molar-refractivity contribution in [2.45, 2.75) is 60.0 Å². The first kappa shape index (κ1) is 26.8. The zero-order valence-electron chi connectivity index (χ0n) is 21.3. The van der Waals surface area contributed by atoms with Crippen LogP contribution in [0.5, 0.6) is 11.5 Å². The largest absolute Gasteiger partial charge is 0.496 e. The minimum absolute atomic E-state index is 0.332. The number of amides is 1. The van der Waals surface area contributed by atoms with Crippen molar-refractivity contribution in [1.29, 1.82) is 0 Å². The number of carboxylic acids is 1. The molecule has 7 nitrogen and oxygen atoms in total. The summed E-state index contributed by atoms with van der Waals surface area (Å²) in [5, 5.41) is 15.0. The molecule has 0 saturated heterocycles. The maximum atomic E-state index is 12.7. The van der Waals surface area contributed by atoms with E-state index < -0.39 is 17.9 Å². The predicted molar refractivity (Wildman–Crippen MR) is 137 cm³/mol. The Hall–Kier alpha value is -3.48. The Morgan fingerprint density at radius 1 is 1.00 bits per heavy atom. The van der Waals surface area contributed by atoms with Crippen LogP contribution in [0.15, 0.2) is 29.8 Å². The summed E-state index contributed by atoms with van der Waals surface area (Å²) in [6, 6.07) is 7.50. The number of hydrogen-bond acceptors (Lipinski definition) is 5. The van der Waals surface area contributed by atoms with Crippen LogP contribution in [0.4, 0.5) is 5.69 Å². The van der Waals surface area contributed by atoms with Crippen LogP contribution >= 0.6 is 0 Å². The van der Waals surface area contributed by atoms with E-state index in [1.54, 1.807) is 20.3 Å². The zero-order chi connectivity index (χ0) is 25.6. The molecule has 0 unspecified atom stereocenters. The SMILES string of the molecule is CCC(=Cc1c(C)c(OC)c(-c2ccc(NC(C)C)cc2)c(C)c1OC)C(=O)N[C@H](C)C(=O)O. The summed E-state index contributed by atoms with van der Waals surface area (Å²) < 4.78 is 11.6. The monoisotopic (exact) mass is 468 g/mol. The number of nitrogens with one attached hydrogen (secondary N) is 2. The van der Waals surface area contributed by atoms with E-state index in [2.05, 4.69) is 24.5 Å². The molecule has 2 rings (SSSR count). The number of rotatable bonds is 10. The summed E-state index contributed by atoms with van der Waals surface area (Å²) >= 11 is 0. The number of benzene rings is 2. The molecule has 0 heterocycles. The molecule has 3 N–H and O–H groups in total. The Morgan fingerprint density at radius 3 is 2.06 bits per heavy atom. The third kappa shape index (κ3) is 5.90. The number of anilines is 1. The quantitative estimate of drug-likeness (QED) is 0.415. The van der Waals surface area contributed by atoms with Crippen molar-refractivity contribution in [3.8, 4) is 22.6 Å². The van der Waals surface area contributed by atoms with Crippen molar-refractivity contribution >= 4 is 23.6 Å². The van der Waals surface area contributed by atoms with Crippen LogP contribution in [0.1, 0.15) is 50.8 Å². The van der Waals surface area contributed by atoms with Crippen molar-refractivity contribution in [2.24, 2.45) is 0 Å². The average Bonchev–Trinajstić information content (AvgIpc) is 2.79. The Morgan fingerprint density at radius 2 is 1.59 bits per heavy atom. The molecular formula is C27H36N2O5. The van der Waals surface area contributed by atoms with Gasteiger partial charge in [0.2, 0.25) is 5.91 Å². The van der Waals surface area contributed by atoms with Gasteiger partial charge in [-0.2, -0.15) is 0 Å². The van der Waals surface area contributed by atoms with E-state index in [1.807, 2.05) is 45.0 Å². The lowest BCUT2D eigenvalue weighted by atomic mass is 9.90. The molecule has 34 heavy (non-hydrogen) atoms. The smallest absolute Gasteiger partial charge is 0.325 e. The van der Waals surface area contributed by atoms with Gasteiger partial charge in [-0.05, 0) is 64.8 Å². The van der Waals surface area contributed by atoms with Crippen LogP contribution in [0, 0.1) is 13.8 Å². The summed E-state index contributed by atoms with van der Waals surface area (Å²) in [5.41, 5.74) is 5.84. The first-order valence-corrected chi connectivity index (χ1v) is 11.4. The van der Waals surface area contributed by atoms with Gasteiger partial charge in [0, 0.05) is 39.6 Å². The lowest BCUT2D eigenvalue weighted by molar-refractivity contribution is -0.140. The van der Waals surface area contributed by atoms with Gasteiger partial charge >= 0.3 is 5.97 Å². The molecule has 1 atom stereocenters. The second-order valence-corrected chi connectivity index (χ2v) is 8.54. The van der Waals surface area contributed by atoms with Crippen LogP contribution in [-0.4, -0.2) is 43.3 Å². The van der Waals surface area contributed by atoms with E-state index in [0.29, 0.717) is 29.5 Å². The van der Waals surface area contributed by atoms with Crippen LogP contribution in [-0.2, 0) is 9.59 Å². The van der Waals surface area contributed by atoms with Gasteiger partial charge in [0.05, 0.1) is 14.2 Å². The summed E-state index contributed by atoms with van der Waals surface area (Å²) in [7, 11) is 3.23. The number of aliphatic carboxylic acids is 1. The number of methoxy groups -OCH3 is 2. The normalized spacial score (nSPS) is 12.3. The van der Waals surface area contributed by atoms with Crippen LogP contribution < -0.4 is 20.1 Å². The molecule has 184 valence electrons. The van der Waals surface area contributed by atoms with E-state index in [1.165, 1.54) is 6.92 Å². The molecule has 7 heteroatoms. The molecule has 1 amide bonds. The number of carbonyl (C=O) groups excluding carboxylic acids is 1. The molecule has 0 bridgehead atoms. The second kappa shape index (κ2) is 11.6. The highest BCUT2D eigenvalue weighted by Crippen LogP contribution is 2.45. The lowest BCUT2D eigenvalue weighted by Crippen LogP contribution is -2.39. The molecule has 0 radical (unpaired) electrons. The van der Waals surface area contributed by atoms with E-state index in [-0.39, 0.29) is 0 Å². The van der Waals surface area contributed by atoms with Gasteiger partial charge in [-0.3, -0.25) is 9.59 Å². The fourth-order valence-electron chi connectivity index (χ4n) is 3.93. The van der Waals surface area contributed by atoms with Crippen molar-refractivity contribution < 1.29 is 24.2 Å². The van der Waals surface area contributed by atoms with Crippen molar-refractivity contribution in [1.82, 2.24) is 5.32 Å². The molecule has 0 aliphatic carbocycles. The molecular weight excluding hydrogens is 432 g/mol. The van der Waals surface area contributed by atoms with Gasteiger partial charge in [-0.15, -0.1) is 0 Å². The van der Waals surface area contributed by atoms with E-state index >= 15 is 0 Å². The number of ether oxygens (including phenoxy) is 2. The van der Waals surface area contributed by atoms with E-state index in [4.69, 9.17) is 14.6 Å². The maximum absolute atomic E-state index is 12.7. The molecule has 2 aromatic carbocycles. The third-order valence-corrected chi connectivity index (χ3v) is 5.68. The summed E-state index contributed by atoms with van der Waals surface area (Å²) in [6.45, 7) is 11.4. The van der Waals surface area contributed by atoms with Crippen LogP contribution in [0.25, 0.3) is 17.2 Å². The van der Waals surface area contributed by atoms with Gasteiger partial charge in [-0.25, -0.2) is 0 Å². The standard InChI is InChI=1S/C27H36N2O5/c1-9-19(26(30)29-18(6)27(31)32)14-22-16(4)25(34-8)23(17(5)24(22)33-7)20-10-12-21(13-11-20)28-15(2)3/h10-15,18,28H,9H2,1-8H3,(H,29,30)(H,31,32)/t18-/m1/s1. The fraction of sp³-hybridized carbons (Fsp3) is 0.407. The van der Waals surface area contributed by atoms with Gasteiger partial charge in [-0.1, -0.05) is 19.1 Å². The van der Waals surface area contributed by atoms with Gasteiger partial charge in [0.15, 0.2) is 0 Å². The molecule has 2 aromatic rings. The minimum atomic E-state index is -1.09. The zero-order valence-corrected chi connectivity index (χ0v) is 21.3. The predicted octanol–water partition coefficient (Wildman–Crippen LogP) is 5.19. The van der Waals surface area contributed by atoms with Crippen LogP contribution in [0.2, 0.25) is 0 Å². The van der Waals surface area contributed by atoms with Crippen molar-refractivity contribution in [2.75, 3.05) is 19.5 Å². The lowest BCUT2D eigenvalue weighted by Gasteiger charge is -2.22. The Bertz CT molecular complexity index is 1070. The summed E-state index contributed by atoms with van der Waals surface area (Å²) in [6.07, 6.45) is 2.18. The first-order valence-electron chi connectivity index (χ1n) is 11.4. The van der Waals surface area contributed by atoms with Gasteiger partial charge in [0.1, 0.15) is 17.5 Å². The average molecular weight is 469 g/mol. The molecule has 0 spiro atoms. The highest BCUT2D eigenvalue weighted by Gasteiger charge is 2.23. The molecule has 0 saturated carbocycles. The first-order chi connectivity index (χ1) is 16.0. The third-order valence-electron chi connectivity index (χ3n) is 5.68. The number of hydrogen-bond donors (Lipinski definition) is 3. The number of carbonyl (C=O) groups is 2. The maximum Gasteiger partial charge on any atom is 0.325 e. The number of carboxylic acid groups (broad SMARTS) is 1. The van der Waals surface area contributed by atoms with Crippen LogP contribution in [0.3, 0.4) is 0 Å². The molecule has 0 fully saturated rings.